The molecule has 1 heterocycles. The number of carbonyl (C=O) groups excluding carboxylic acids is 2. The second-order valence-corrected chi connectivity index (χ2v) is 5.85. The van der Waals surface area contributed by atoms with Gasteiger partial charge in [-0.1, -0.05) is 50.6 Å². The molecule has 4 nitrogen and oxygen atoms in total. The maximum absolute atomic E-state index is 12.8. The first-order valence-electron chi connectivity index (χ1n) is 7.69. The van der Waals surface area contributed by atoms with Crippen LogP contribution in [0.1, 0.15) is 45.6 Å². The molecule has 0 bridgehead atoms. The minimum absolute atomic E-state index is 0.0321. The van der Waals surface area contributed by atoms with Crippen LogP contribution in [0.25, 0.3) is 0 Å². The minimum Gasteiger partial charge on any atom is -0.342 e. The van der Waals surface area contributed by atoms with E-state index in [1.54, 1.807) is 4.90 Å². The number of rotatable bonds is 5. The van der Waals surface area contributed by atoms with Gasteiger partial charge in [-0.2, -0.15) is 0 Å². The maximum Gasteiger partial charge on any atom is 0.246 e. The summed E-state index contributed by atoms with van der Waals surface area (Å²) >= 11 is 0. The van der Waals surface area contributed by atoms with Crippen LogP contribution in [0.5, 0.6) is 0 Å². The zero-order chi connectivity index (χ0) is 15.5. The summed E-state index contributed by atoms with van der Waals surface area (Å²) in [4.78, 5) is 27.0. The van der Waals surface area contributed by atoms with Crippen molar-refractivity contribution in [2.75, 3.05) is 0 Å². The van der Waals surface area contributed by atoms with Gasteiger partial charge in [-0.3, -0.25) is 9.59 Å². The Bertz CT molecular complexity index is 515. The highest BCUT2D eigenvalue weighted by molar-refractivity contribution is 5.99. The summed E-state index contributed by atoms with van der Waals surface area (Å²) in [5.41, 5.74) is 0.285. The lowest BCUT2D eigenvalue weighted by atomic mass is 9.89. The molecule has 1 aliphatic rings. The number of amides is 2. The van der Waals surface area contributed by atoms with Crippen molar-refractivity contribution >= 4 is 11.8 Å². The minimum atomic E-state index is -0.767. The fraction of sp³-hybridized carbons (Fsp3) is 0.529. The zero-order valence-electron chi connectivity index (χ0n) is 13.1. The van der Waals surface area contributed by atoms with Gasteiger partial charge in [0.25, 0.3) is 0 Å². The second kappa shape index (κ2) is 6.29. The molecule has 1 aliphatic heterocycles. The molecule has 21 heavy (non-hydrogen) atoms. The molecular formula is C17H24N2O2. The molecule has 114 valence electrons. The molecule has 4 heteroatoms. The SMILES string of the molecule is CCCC1NC(=O)C(C)(CC)N(Cc2ccccc2)C1=O. The lowest BCUT2D eigenvalue weighted by molar-refractivity contribution is -0.157. The van der Waals surface area contributed by atoms with E-state index < -0.39 is 5.54 Å². The van der Waals surface area contributed by atoms with Crippen LogP contribution in [-0.4, -0.2) is 28.3 Å². The van der Waals surface area contributed by atoms with Crippen molar-refractivity contribution in [2.45, 2.75) is 58.2 Å². The van der Waals surface area contributed by atoms with Crippen LogP contribution in [-0.2, 0) is 16.1 Å². The van der Waals surface area contributed by atoms with E-state index in [1.165, 1.54) is 0 Å². The van der Waals surface area contributed by atoms with E-state index in [0.717, 1.165) is 12.0 Å². The lowest BCUT2D eigenvalue weighted by Crippen LogP contribution is -2.68. The molecule has 0 radical (unpaired) electrons. The molecule has 2 unspecified atom stereocenters. The van der Waals surface area contributed by atoms with Gasteiger partial charge in [0.2, 0.25) is 11.8 Å². The third kappa shape index (κ3) is 2.94. The van der Waals surface area contributed by atoms with Gasteiger partial charge in [0, 0.05) is 6.54 Å². The zero-order valence-corrected chi connectivity index (χ0v) is 13.1. The van der Waals surface area contributed by atoms with Gasteiger partial charge >= 0.3 is 0 Å². The number of hydrogen-bond acceptors (Lipinski definition) is 2. The normalized spacial score (nSPS) is 25.9. The molecule has 1 N–H and O–H groups in total. The van der Waals surface area contributed by atoms with Crippen molar-refractivity contribution in [3.8, 4) is 0 Å². The van der Waals surface area contributed by atoms with Gasteiger partial charge < -0.3 is 10.2 Å². The number of nitrogens with zero attached hydrogens (tertiary/aromatic N) is 1. The molecule has 1 fully saturated rings. The van der Waals surface area contributed by atoms with Crippen LogP contribution in [0.3, 0.4) is 0 Å². The van der Waals surface area contributed by atoms with Gasteiger partial charge in [0.15, 0.2) is 0 Å². The number of nitrogens with one attached hydrogen (secondary N) is 1. The Labute approximate surface area is 126 Å². The van der Waals surface area contributed by atoms with Crippen molar-refractivity contribution < 1.29 is 9.59 Å². The van der Waals surface area contributed by atoms with E-state index in [1.807, 2.05) is 51.1 Å². The average Bonchev–Trinajstić information content (AvgIpc) is 2.50. The number of hydrogen-bond donors (Lipinski definition) is 1. The third-order valence-corrected chi connectivity index (χ3v) is 4.40. The van der Waals surface area contributed by atoms with Crippen molar-refractivity contribution in [1.29, 1.82) is 0 Å². The summed E-state index contributed by atoms with van der Waals surface area (Å²) in [5, 5.41) is 2.89. The predicted octanol–water partition coefficient (Wildman–Crippen LogP) is 2.48. The average molecular weight is 288 g/mol. The highest BCUT2D eigenvalue weighted by atomic mass is 16.2. The lowest BCUT2D eigenvalue weighted by Gasteiger charge is -2.46. The summed E-state index contributed by atoms with van der Waals surface area (Å²) in [6, 6.07) is 9.46. The molecule has 2 rings (SSSR count). The van der Waals surface area contributed by atoms with Crippen molar-refractivity contribution in [1.82, 2.24) is 10.2 Å². The van der Waals surface area contributed by atoms with Gasteiger partial charge in [0.05, 0.1) is 0 Å². The summed E-state index contributed by atoms with van der Waals surface area (Å²) < 4.78 is 0. The van der Waals surface area contributed by atoms with Gasteiger partial charge in [-0.05, 0) is 25.3 Å². The van der Waals surface area contributed by atoms with E-state index >= 15 is 0 Å². The highest BCUT2D eigenvalue weighted by Gasteiger charge is 2.47. The summed E-state index contributed by atoms with van der Waals surface area (Å²) in [6.45, 7) is 6.31. The Balaban J connectivity index is 2.30. The molecular weight excluding hydrogens is 264 g/mol. The monoisotopic (exact) mass is 288 g/mol. The number of carbonyl (C=O) groups is 2. The van der Waals surface area contributed by atoms with Crippen LogP contribution >= 0.6 is 0 Å². The Kier molecular flexibility index (Phi) is 4.66. The van der Waals surface area contributed by atoms with Crippen LogP contribution in [0.2, 0.25) is 0 Å². The number of benzene rings is 1. The smallest absolute Gasteiger partial charge is 0.246 e. The standard InChI is InChI=1S/C17H24N2O2/c1-4-9-14-15(20)19(12-13-10-7-6-8-11-13)17(3,5-2)16(21)18-14/h6-8,10-11,14H,4-5,9,12H2,1-3H3,(H,18,21). The quantitative estimate of drug-likeness (QED) is 0.905. The van der Waals surface area contributed by atoms with Gasteiger partial charge in [0.1, 0.15) is 11.6 Å². The van der Waals surface area contributed by atoms with Crippen molar-refractivity contribution in [2.24, 2.45) is 0 Å². The number of piperazine rings is 1. The molecule has 1 aromatic rings. The van der Waals surface area contributed by atoms with E-state index in [-0.39, 0.29) is 17.9 Å². The predicted molar refractivity (Wildman–Crippen MR) is 82.5 cm³/mol. The summed E-state index contributed by atoms with van der Waals surface area (Å²) in [6.07, 6.45) is 2.17. The summed E-state index contributed by atoms with van der Waals surface area (Å²) in [7, 11) is 0. The maximum atomic E-state index is 12.8. The second-order valence-electron chi connectivity index (χ2n) is 5.85. The van der Waals surface area contributed by atoms with E-state index in [2.05, 4.69) is 5.32 Å². The molecule has 0 saturated carbocycles. The van der Waals surface area contributed by atoms with E-state index in [0.29, 0.717) is 19.4 Å². The van der Waals surface area contributed by atoms with Crippen LogP contribution in [0.4, 0.5) is 0 Å². The molecule has 1 aromatic carbocycles. The van der Waals surface area contributed by atoms with Gasteiger partial charge in [-0.15, -0.1) is 0 Å². The Morgan fingerprint density at radius 3 is 2.43 bits per heavy atom. The third-order valence-electron chi connectivity index (χ3n) is 4.40. The molecule has 0 aromatic heterocycles. The Morgan fingerprint density at radius 2 is 1.86 bits per heavy atom. The Morgan fingerprint density at radius 1 is 1.19 bits per heavy atom. The first-order valence-corrected chi connectivity index (χ1v) is 7.69. The summed E-state index contributed by atoms with van der Waals surface area (Å²) in [5.74, 6) is -0.0105. The van der Waals surface area contributed by atoms with Crippen molar-refractivity contribution in [3.63, 3.8) is 0 Å². The fourth-order valence-corrected chi connectivity index (χ4v) is 2.78. The van der Waals surface area contributed by atoms with E-state index in [4.69, 9.17) is 0 Å². The molecule has 1 saturated heterocycles. The molecule has 2 atom stereocenters. The first-order chi connectivity index (χ1) is 10.0. The van der Waals surface area contributed by atoms with Crippen LogP contribution in [0.15, 0.2) is 30.3 Å². The Hall–Kier alpha value is -1.84. The van der Waals surface area contributed by atoms with E-state index in [9.17, 15) is 9.59 Å². The largest absolute Gasteiger partial charge is 0.342 e. The molecule has 0 spiro atoms. The van der Waals surface area contributed by atoms with Crippen LogP contribution < -0.4 is 5.32 Å². The fourth-order valence-electron chi connectivity index (χ4n) is 2.78. The molecule has 2 amide bonds. The topological polar surface area (TPSA) is 49.4 Å². The van der Waals surface area contributed by atoms with Crippen molar-refractivity contribution in [3.05, 3.63) is 35.9 Å². The van der Waals surface area contributed by atoms with Gasteiger partial charge in [-0.25, -0.2) is 0 Å². The highest BCUT2D eigenvalue weighted by Crippen LogP contribution is 2.28. The molecule has 0 aliphatic carbocycles. The van der Waals surface area contributed by atoms with Crippen LogP contribution in [0, 0.1) is 0 Å². The first kappa shape index (κ1) is 15.5.